The van der Waals surface area contributed by atoms with E-state index in [0.29, 0.717) is 5.75 Å². The maximum absolute atomic E-state index is 12.2. The van der Waals surface area contributed by atoms with Gasteiger partial charge in [0, 0.05) is 13.1 Å². The summed E-state index contributed by atoms with van der Waals surface area (Å²) < 4.78 is 5.15. The van der Waals surface area contributed by atoms with Gasteiger partial charge in [-0.15, -0.1) is 0 Å². The van der Waals surface area contributed by atoms with E-state index in [1.54, 1.807) is 19.1 Å². The zero-order valence-corrected chi connectivity index (χ0v) is 10.2. The van der Waals surface area contributed by atoms with Crippen LogP contribution in [0.15, 0.2) is 18.2 Å². The molecule has 1 heterocycles. The Hall–Kier alpha value is -2.02. The van der Waals surface area contributed by atoms with Crippen molar-refractivity contribution in [1.82, 2.24) is 0 Å². The predicted molar refractivity (Wildman–Crippen MR) is 64.0 cm³/mol. The SMILES string of the molecule is COc1ccc2c(c1)N(C)C(=O)C2(C)CC#N. The van der Waals surface area contributed by atoms with Gasteiger partial charge in [0.15, 0.2) is 0 Å². The molecule has 4 heteroatoms. The van der Waals surface area contributed by atoms with Gasteiger partial charge in [-0.1, -0.05) is 6.07 Å². The van der Waals surface area contributed by atoms with Gasteiger partial charge in [-0.2, -0.15) is 5.26 Å². The van der Waals surface area contributed by atoms with E-state index in [1.807, 2.05) is 25.1 Å². The zero-order valence-electron chi connectivity index (χ0n) is 10.2. The van der Waals surface area contributed by atoms with E-state index in [9.17, 15) is 4.79 Å². The Labute approximate surface area is 100 Å². The van der Waals surface area contributed by atoms with Crippen molar-refractivity contribution in [1.29, 1.82) is 5.26 Å². The van der Waals surface area contributed by atoms with Gasteiger partial charge < -0.3 is 9.64 Å². The molecule has 1 atom stereocenters. The normalized spacial score (nSPS) is 22.2. The third kappa shape index (κ3) is 1.47. The number of amides is 1. The largest absolute Gasteiger partial charge is 0.497 e. The first-order valence-electron chi connectivity index (χ1n) is 5.38. The van der Waals surface area contributed by atoms with Crippen molar-refractivity contribution in [2.45, 2.75) is 18.8 Å². The number of benzene rings is 1. The van der Waals surface area contributed by atoms with Crippen LogP contribution in [0.2, 0.25) is 0 Å². The molecule has 1 amide bonds. The van der Waals surface area contributed by atoms with Crippen LogP contribution in [0.5, 0.6) is 5.75 Å². The molecule has 1 aromatic rings. The van der Waals surface area contributed by atoms with Gasteiger partial charge in [-0.05, 0) is 18.6 Å². The van der Waals surface area contributed by atoms with Crippen LogP contribution >= 0.6 is 0 Å². The molecule has 0 aliphatic carbocycles. The molecule has 4 nitrogen and oxygen atoms in total. The fourth-order valence-electron chi connectivity index (χ4n) is 2.31. The summed E-state index contributed by atoms with van der Waals surface area (Å²) >= 11 is 0. The van der Waals surface area contributed by atoms with Crippen molar-refractivity contribution < 1.29 is 9.53 Å². The number of nitriles is 1. The second-order valence-corrected chi connectivity index (χ2v) is 4.41. The summed E-state index contributed by atoms with van der Waals surface area (Å²) in [6, 6.07) is 7.61. The molecule has 88 valence electrons. The van der Waals surface area contributed by atoms with Gasteiger partial charge in [0.05, 0.1) is 30.7 Å². The number of methoxy groups -OCH3 is 1. The topological polar surface area (TPSA) is 53.3 Å². The molecule has 2 rings (SSSR count). The number of anilines is 1. The number of hydrogen-bond acceptors (Lipinski definition) is 3. The summed E-state index contributed by atoms with van der Waals surface area (Å²) in [7, 11) is 3.32. The summed E-state index contributed by atoms with van der Waals surface area (Å²) in [5.74, 6) is 0.673. The fourth-order valence-corrected chi connectivity index (χ4v) is 2.31. The molecule has 0 saturated heterocycles. The van der Waals surface area contributed by atoms with Crippen LogP contribution in [0.4, 0.5) is 5.69 Å². The highest BCUT2D eigenvalue weighted by Gasteiger charge is 2.45. The molecule has 0 aromatic heterocycles. The molecule has 0 radical (unpaired) electrons. The quantitative estimate of drug-likeness (QED) is 0.779. The van der Waals surface area contributed by atoms with Crippen molar-refractivity contribution in [3.63, 3.8) is 0 Å². The van der Waals surface area contributed by atoms with E-state index in [-0.39, 0.29) is 12.3 Å². The van der Waals surface area contributed by atoms with Crippen LogP contribution < -0.4 is 9.64 Å². The first kappa shape index (κ1) is 11.5. The molecule has 0 N–H and O–H groups in total. The Kier molecular flexibility index (Phi) is 2.55. The van der Waals surface area contributed by atoms with Crippen LogP contribution in [0.1, 0.15) is 18.9 Å². The second kappa shape index (κ2) is 3.77. The minimum atomic E-state index is -0.731. The van der Waals surface area contributed by atoms with Crippen molar-refractivity contribution in [3.8, 4) is 11.8 Å². The molecule has 0 saturated carbocycles. The average Bonchev–Trinajstić information content (AvgIpc) is 2.52. The summed E-state index contributed by atoms with van der Waals surface area (Å²) in [5, 5.41) is 8.88. The molecule has 1 aromatic carbocycles. The maximum Gasteiger partial charge on any atom is 0.238 e. The Morgan fingerprint density at radius 1 is 1.53 bits per heavy atom. The number of rotatable bonds is 2. The van der Waals surface area contributed by atoms with Gasteiger partial charge in [0.1, 0.15) is 5.75 Å². The van der Waals surface area contributed by atoms with Gasteiger partial charge in [-0.25, -0.2) is 0 Å². The number of fused-ring (bicyclic) bond motifs is 1. The van der Waals surface area contributed by atoms with Crippen LogP contribution in [0.3, 0.4) is 0 Å². The summed E-state index contributed by atoms with van der Waals surface area (Å²) in [6.07, 6.45) is 0.190. The van der Waals surface area contributed by atoms with Crippen molar-refractivity contribution in [3.05, 3.63) is 23.8 Å². The van der Waals surface area contributed by atoms with Gasteiger partial charge >= 0.3 is 0 Å². The van der Waals surface area contributed by atoms with Crippen LogP contribution in [0, 0.1) is 11.3 Å². The van der Waals surface area contributed by atoms with E-state index in [0.717, 1.165) is 11.3 Å². The van der Waals surface area contributed by atoms with Crippen LogP contribution in [-0.4, -0.2) is 20.1 Å². The highest BCUT2D eigenvalue weighted by molar-refractivity contribution is 6.07. The highest BCUT2D eigenvalue weighted by atomic mass is 16.5. The summed E-state index contributed by atoms with van der Waals surface area (Å²) in [5.41, 5.74) is 0.991. The second-order valence-electron chi connectivity index (χ2n) is 4.41. The van der Waals surface area contributed by atoms with E-state index in [2.05, 4.69) is 6.07 Å². The maximum atomic E-state index is 12.2. The molecule has 0 bridgehead atoms. The van der Waals surface area contributed by atoms with Crippen molar-refractivity contribution in [2.75, 3.05) is 19.1 Å². The third-order valence-electron chi connectivity index (χ3n) is 3.37. The molecular weight excluding hydrogens is 216 g/mol. The third-order valence-corrected chi connectivity index (χ3v) is 3.37. The lowest BCUT2D eigenvalue weighted by atomic mass is 9.81. The Balaban J connectivity index is 2.59. The van der Waals surface area contributed by atoms with Crippen LogP contribution in [-0.2, 0) is 10.2 Å². The number of likely N-dealkylation sites (N-methyl/N-ethyl adjacent to an activating group) is 1. The number of carbonyl (C=O) groups excluding carboxylic acids is 1. The first-order valence-corrected chi connectivity index (χ1v) is 5.38. The summed E-state index contributed by atoms with van der Waals surface area (Å²) in [6.45, 7) is 1.81. The molecule has 1 aliphatic heterocycles. The summed E-state index contributed by atoms with van der Waals surface area (Å²) in [4.78, 5) is 13.8. The van der Waals surface area contributed by atoms with Crippen LogP contribution in [0.25, 0.3) is 0 Å². The van der Waals surface area contributed by atoms with Crippen molar-refractivity contribution >= 4 is 11.6 Å². The van der Waals surface area contributed by atoms with E-state index < -0.39 is 5.41 Å². The number of hydrogen-bond donors (Lipinski definition) is 0. The molecule has 1 unspecified atom stereocenters. The molecule has 0 spiro atoms. The van der Waals surface area contributed by atoms with Gasteiger partial charge in [-0.3, -0.25) is 4.79 Å². The Morgan fingerprint density at radius 3 is 2.82 bits per heavy atom. The van der Waals surface area contributed by atoms with E-state index in [1.165, 1.54) is 0 Å². The standard InChI is InChI=1S/C13H14N2O2/c1-13(6-7-14)10-5-4-9(17-3)8-11(10)15(2)12(13)16/h4-5,8H,6H2,1-3H3. The average molecular weight is 230 g/mol. The lowest BCUT2D eigenvalue weighted by molar-refractivity contribution is -0.122. The van der Waals surface area contributed by atoms with Crippen molar-refractivity contribution in [2.24, 2.45) is 0 Å². The van der Waals surface area contributed by atoms with Gasteiger partial charge in [0.25, 0.3) is 0 Å². The Bertz CT molecular complexity index is 519. The minimum Gasteiger partial charge on any atom is -0.497 e. The zero-order chi connectivity index (χ0) is 12.6. The molecule has 1 aliphatic rings. The Morgan fingerprint density at radius 2 is 2.24 bits per heavy atom. The number of carbonyl (C=O) groups is 1. The predicted octanol–water partition coefficient (Wildman–Crippen LogP) is 1.84. The lowest BCUT2D eigenvalue weighted by Gasteiger charge is -2.19. The molecule has 17 heavy (non-hydrogen) atoms. The smallest absolute Gasteiger partial charge is 0.238 e. The number of nitrogens with zero attached hydrogens (tertiary/aromatic N) is 2. The van der Waals surface area contributed by atoms with E-state index in [4.69, 9.17) is 10.00 Å². The first-order chi connectivity index (χ1) is 8.04. The molecule has 0 fully saturated rings. The van der Waals surface area contributed by atoms with E-state index >= 15 is 0 Å². The fraction of sp³-hybridized carbons (Fsp3) is 0.385. The molecular formula is C13H14N2O2. The minimum absolute atomic E-state index is 0.0395. The lowest BCUT2D eigenvalue weighted by Crippen LogP contribution is -2.35. The highest BCUT2D eigenvalue weighted by Crippen LogP contribution is 2.44. The number of ether oxygens (including phenoxy) is 1. The monoisotopic (exact) mass is 230 g/mol. The van der Waals surface area contributed by atoms with Gasteiger partial charge in [0.2, 0.25) is 5.91 Å².